The van der Waals surface area contributed by atoms with Gasteiger partial charge in [-0.05, 0) is 49.8 Å². The predicted molar refractivity (Wildman–Crippen MR) is 90.1 cm³/mol. The fourth-order valence-electron chi connectivity index (χ4n) is 2.93. The Kier molecular flexibility index (Phi) is 5.43. The number of nitrogens with zero attached hydrogens (tertiary/aromatic N) is 1. The SMILES string of the molecule is CC(C)c1ccc(CN(C)C(C)(C)CC(C)(C)C)cc1. The third-order valence-electron chi connectivity index (χ3n) is 4.06. The van der Waals surface area contributed by atoms with E-state index in [-0.39, 0.29) is 5.54 Å². The Bertz CT molecular complexity index is 406. The molecule has 0 aliphatic heterocycles. The van der Waals surface area contributed by atoms with Crippen molar-refractivity contribution < 1.29 is 0 Å². The minimum absolute atomic E-state index is 0.217. The van der Waals surface area contributed by atoms with Crippen LogP contribution in [0.1, 0.15) is 71.9 Å². The monoisotopic (exact) mass is 275 g/mol. The fraction of sp³-hybridized carbons (Fsp3) is 0.684. The maximum absolute atomic E-state index is 2.47. The first-order valence-electron chi connectivity index (χ1n) is 7.81. The maximum atomic E-state index is 2.47. The molecule has 0 saturated carbocycles. The summed E-state index contributed by atoms with van der Waals surface area (Å²) in [7, 11) is 2.24. The molecule has 0 fully saturated rings. The highest BCUT2D eigenvalue weighted by Gasteiger charge is 2.29. The number of rotatable bonds is 5. The van der Waals surface area contributed by atoms with Gasteiger partial charge in [0.1, 0.15) is 0 Å². The first-order valence-corrected chi connectivity index (χ1v) is 7.81. The van der Waals surface area contributed by atoms with E-state index in [0.717, 1.165) is 6.54 Å². The lowest BCUT2D eigenvalue weighted by molar-refractivity contribution is 0.0967. The van der Waals surface area contributed by atoms with Gasteiger partial charge in [-0.15, -0.1) is 0 Å². The Balaban J connectivity index is 2.72. The molecule has 1 nitrogen and oxygen atoms in total. The van der Waals surface area contributed by atoms with Crippen LogP contribution in [-0.2, 0) is 6.54 Å². The van der Waals surface area contributed by atoms with Crippen LogP contribution >= 0.6 is 0 Å². The van der Waals surface area contributed by atoms with E-state index < -0.39 is 0 Å². The van der Waals surface area contributed by atoms with E-state index in [4.69, 9.17) is 0 Å². The van der Waals surface area contributed by atoms with Crippen LogP contribution < -0.4 is 0 Å². The molecule has 0 atom stereocenters. The molecule has 1 aromatic carbocycles. The van der Waals surface area contributed by atoms with Crippen molar-refractivity contribution in [2.24, 2.45) is 5.41 Å². The topological polar surface area (TPSA) is 3.24 Å². The van der Waals surface area contributed by atoms with Gasteiger partial charge in [-0.2, -0.15) is 0 Å². The van der Waals surface area contributed by atoms with E-state index >= 15 is 0 Å². The van der Waals surface area contributed by atoms with E-state index in [9.17, 15) is 0 Å². The van der Waals surface area contributed by atoms with E-state index in [1.54, 1.807) is 0 Å². The highest BCUT2D eigenvalue weighted by Crippen LogP contribution is 2.31. The normalized spacial score (nSPS) is 13.3. The van der Waals surface area contributed by atoms with Crippen LogP contribution in [0.4, 0.5) is 0 Å². The van der Waals surface area contributed by atoms with Gasteiger partial charge in [-0.1, -0.05) is 58.9 Å². The van der Waals surface area contributed by atoms with Crippen molar-refractivity contribution in [1.82, 2.24) is 4.90 Å². The zero-order valence-corrected chi connectivity index (χ0v) is 14.7. The number of hydrogen-bond donors (Lipinski definition) is 0. The van der Waals surface area contributed by atoms with Gasteiger partial charge in [0, 0.05) is 12.1 Å². The second kappa shape index (κ2) is 6.30. The fourth-order valence-corrected chi connectivity index (χ4v) is 2.93. The molecule has 0 amide bonds. The van der Waals surface area contributed by atoms with Crippen molar-refractivity contribution in [2.75, 3.05) is 7.05 Å². The Morgan fingerprint density at radius 3 is 1.85 bits per heavy atom. The van der Waals surface area contributed by atoms with Crippen LogP contribution in [0.3, 0.4) is 0 Å². The molecule has 0 bridgehead atoms. The van der Waals surface area contributed by atoms with E-state index in [1.807, 2.05) is 0 Å². The summed E-state index contributed by atoms with van der Waals surface area (Å²) in [5, 5.41) is 0. The standard InChI is InChI=1S/C19H33N/c1-15(2)17-11-9-16(10-12-17)13-20(8)19(6,7)14-18(3,4)5/h9-12,15H,13-14H2,1-8H3. The lowest BCUT2D eigenvalue weighted by Crippen LogP contribution is -2.43. The second-order valence-electron chi connectivity index (χ2n) is 8.30. The average molecular weight is 275 g/mol. The quantitative estimate of drug-likeness (QED) is 0.690. The average Bonchev–Trinajstić information content (AvgIpc) is 2.26. The molecule has 1 aromatic rings. The molecule has 0 N–H and O–H groups in total. The van der Waals surface area contributed by atoms with Gasteiger partial charge in [-0.3, -0.25) is 4.90 Å². The molecule has 114 valence electrons. The molecule has 0 unspecified atom stereocenters. The highest BCUT2D eigenvalue weighted by atomic mass is 15.2. The van der Waals surface area contributed by atoms with Gasteiger partial charge < -0.3 is 0 Å². The van der Waals surface area contributed by atoms with Crippen LogP contribution in [-0.4, -0.2) is 17.5 Å². The zero-order chi connectivity index (χ0) is 15.6. The van der Waals surface area contributed by atoms with Gasteiger partial charge >= 0.3 is 0 Å². The van der Waals surface area contributed by atoms with Gasteiger partial charge in [0.15, 0.2) is 0 Å². The zero-order valence-electron chi connectivity index (χ0n) is 14.7. The molecule has 1 rings (SSSR count). The molecule has 20 heavy (non-hydrogen) atoms. The molecule has 0 aliphatic carbocycles. The molecular formula is C19H33N. The first-order chi connectivity index (χ1) is 9.01. The summed E-state index contributed by atoms with van der Waals surface area (Å²) in [6, 6.07) is 9.09. The molecule has 0 heterocycles. The maximum Gasteiger partial charge on any atom is 0.0236 e. The molecule has 0 spiro atoms. The van der Waals surface area contributed by atoms with Crippen molar-refractivity contribution in [3.63, 3.8) is 0 Å². The van der Waals surface area contributed by atoms with Crippen LogP contribution in [0.15, 0.2) is 24.3 Å². The van der Waals surface area contributed by atoms with E-state index in [0.29, 0.717) is 11.3 Å². The third kappa shape index (κ3) is 5.28. The summed E-state index contributed by atoms with van der Waals surface area (Å²) in [6.07, 6.45) is 1.20. The molecule has 0 aromatic heterocycles. The van der Waals surface area contributed by atoms with Crippen LogP contribution in [0.25, 0.3) is 0 Å². The molecular weight excluding hydrogens is 242 g/mol. The van der Waals surface area contributed by atoms with Gasteiger partial charge in [0.2, 0.25) is 0 Å². The van der Waals surface area contributed by atoms with E-state index in [2.05, 4.69) is 84.7 Å². The summed E-state index contributed by atoms with van der Waals surface area (Å²) in [5.41, 5.74) is 3.40. The van der Waals surface area contributed by atoms with Crippen LogP contribution in [0.5, 0.6) is 0 Å². The molecule has 0 radical (unpaired) electrons. The van der Waals surface area contributed by atoms with Crippen molar-refractivity contribution in [2.45, 2.75) is 72.9 Å². The Hall–Kier alpha value is -0.820. The van der Waals surface area contributed by atoms with Gasteiger partial charge in [-0.25, -0.2) is 0 Å². The summed E-state index contributed by atoms with van der Waals surface area (Å²) in [4.78, 5) is 2.47. The molecule has 0 saturated heterocycles. The molecule has 1 heteroatoms. The van der Waals surface area contributed by atoms with Gasteiger partial charge in [0.05, 0.1) is 0 Å². The second-order valence-corrected chi connectivity index (χ2v) is 8.30. The number of benzene rings is 1. The largest absolute Gasteiger partial charge is 0.297 e. The Labute approximate surface area is 126 Å². The van der Waals surface area contributed by atoms with E-state index in [1.165, 1.54) is 17.5 Å². The van der Waals surface area contributed by atoms with Crippen molar-refractivity contribution in [1.29, 1.82) is 0 Å². The summed E-state index contributed by atoms with van der Waals surface area (Å²) >= 11 is 0. The summed E-state index contributed by atoms with van der Waals surface area (Å²) in [5.74, 6) is 0.610. The minimum Gasteiger partial charge on any atom is -0.297 e. The molecule has 0 aliphatic rings. The van der Waals surface area contributed by atoms with Gasteiger partial charge in [0.25, 0.3) is 0 Å². The highest BCUT2D eigenvalue weighted by molar-refractivity contribution is 5.24. The minimum atomic E-state index is 0.217. The smallest absolute Gasteiger partial charge is 0.0236 e. The summed E-state index contributed by atoms with van der Waals surface area (Å²) in [6.45, 7) is 17.2. The predicted octanol–water partition coefficient (Wildman–Crippen LogP) is 5.46. The summed E-state index contributed by atoms with van der Waals surface area (Å²) < 4.78 is 0. The van der Waals surface area contributed by atoms with Crippen molar-refractivity contribution >= 4 is 0 Å². The third-order valence-corrected chi connectivity index (χ3v) is 4.06. The van der Waals surface area contributed by atoms with Crippen molar-refractivity contribution in [3.8, 4) is 0 Å². The van der Waals surface area contributed by atoms with Crippen LogP contribution in [0.2, 0.25) is 0 Å². The lowest BCUT2D eigenvalue weighted by Gasteiger charge is -2.40. The first kappa shape index (κ1) is 17.2. The Morgan fingerprint density at radius 2 is 1.45 bits per heavy atom. The Morgan fingerprint density at radius 1 is 0.950 bits per heavy atom. The van der Waals surface area contributed by atoms with Crippen molar-refractivity contribution in [3.05, 3.63) is 35.4 Å². The van der Waals surface area contributed by atoms with Crippen LogP contribution in [0, 0.1) is 5.41 Å². The number of hydrogen-bond acceptors (Lipinski definition) is 1. The lowest BCUT2D eigenvalue weighted by atomic mass is 9.81.